The Morgan fingerprint density at radius 2 is 1.84 bits per heavy atom. The van der Waals surface area contributed by atoms with Gasteiger partial charge in [0.2, 0.25) is 10.0 Å². The Labute approximate surface area is 254 Å². The highest BCUT2D eigenvalue weighted by Crippen LogP contribution is 2.33. The number of rotatable bonds is 15. The van der Waals surface area contributed by atoms with Crippen molar-refractivity contribution in [3.8, 4) is 5.75 Å². The Balaban J connectivity index is 1.58. The molecule has 238 valence electrons. The average molecular weight is 620 g/mol. The molecule has 4 rings (SSSR count). The van der Waals surface area contributed by atoms with E-state index < -0.39 is 40.4 Å². The maximum Gasteiger partial charge on any atom is 0.407 e. The van der Waals surface area contributed by atoms with Crippen LogP contribution in [0.4, 0.5) is 4.79 Å². The quantitative estimate of drug-likeness (QED) is 0.235. The highest BCUT2D eigenvalue weighted by Gasteiger charge is 2.44. The number of carbonyl (C=O) groups is 1. The first-order valence-electron chi connectivity index (χ1n) is 14.8. The van der Waals surface area contributed by atoms with Crippen LogP contribution in [0.3, 0.4) is 0 Å². The summed E-state index contributed by atoms with van der Waals surface area (Å²) in [5.41, 5.74) is 6.26. The molecule has 5 N–H and O–H groups in total. The van der Waals surface area contributed by atoms with Crippen LogP contribution in [0.25, 0.3) is 0 Å². The molecule has 2 fully saturated rings. The Bertz CT molecular complexity index is 1280. The van der Waals surface area contributed by atoms with Crippen LogP contribution < -0.4 is 20.5 Å². The predicted molar refractivity (Wildman–Crippen MR) is 161 cm³/mol. The molecule has 2 aromatic rings. The van der Waals surface area contributed by atoms with Crippen molar-refractivity contribution >= 4 is 16.1 Å². The number of amides is 1. The smallest absolute Gasteiger partial charge is 0.407 e. The molecule has 0 bridgehead atoms. The fourth-order valence-corrected chi connectivity index (χ4v) is 7.06. The van der Waals surface area contributed by atoms with Crippen molar-refractivity contribution < 1.29 is 37.3 Å². The molecule has 0 spiro atoms. The van der Waals surface area contributed by atoms with Crippen molar-refractivity contribution in [3.05, 3.63) is 60.2 Å². The van der Waals surface area contributed by atoms with Crippen LogP contribution in [0.15, 0.2) is 59.5 Å². The van der Waals surface area contributed by atoms with E-state index in [-0.39, 0.29) is 35.5 Å². The molecule has 0 saturated carbocycles. The number of benzene rings is 2. The van der Waals surface area contributed by atoms with E-state index in [1.165, 1.54) is 19.2 Å². The number of aliphatic hydroxyl groups excluding tert-OH is 1. The summed E-state index contributed by atoms with van der Waals surface area (Å²) >= 11 is 0. The second kappa shape index (κ2) is 14.8. The highest BCUT2D eigenvalue weighted by molar-refractivity contribution is 7.89. The molecular formula is C31H45N3O8S. The van der Waals surface area contributed by atoms with Crippen molar-refractivity contribution in [3.63, 3.8) is 0 Å². The van der Waals surface area contributed by atoms with Gasteiger partial charge in [-0.2, -0.15) is 0 Å². The van der Waals surface area contributed by atoms with E-state index in [1.807, 2.05) is 44.2 Å². The minimum absolute atomic E-state index is 0.0341. The van der Waals surface area contributed by atoms with Crippen LogP contribution in [-0.2, 0) is 30.7 Å². The van der Waals surface area contributed by atoms with Gasteiger partial charge in [-0.25, -0.2) is 17.9 Å². The Morgan fingerprint density at radius 3 is 2.51 bits per heavy atom. The summed E-state index contributed by atoms with van der Waals surface area (Å²) < 4.78 is 51.9. The van der Waals surface area contributed by atoms with Gasteiger partial charge < -0.3 is 35.1 Å². The Hall–Kier alpha value is -2.74. The van der Waals surface area contributed by atoms with Crippen molar-refractivity contribution in [1.29, 1.82) is 0 Å². The molecule has 2 aliphatic heterocycles. The number of nitrogens with two attached hydrogens (primary N) is 1. The lowest BCUT2D eigenvalue weighted by atomic mass is 9.79. The average Bonchev–Trinajstić information content (AvgIpc) is 3.60. The molecule has 6 atom stereocenters. The molecule has 0 aromatic heterocycles. The fraction of sp³-hybridized carbons (Fsp3) is 0.581. The topological polar surface area (TPSA) is 158 Å². The molecule has 43 heavy (non-hydrogen) atoms. The van der Waals surface area contributed by atoms with Crippen LogP contribution in [-0.4, -0.2) is 77.1 Å². The van der Waals surface area contributed by atoms with Gasteiger partial charge in [-0.3, -0.25) is 0 Å². The minimum atomic E-state index is -4.05. The summed E-state index contributed by atoms with van der Waals surface area (Å²) in [7, 11) is -2.55. The van der Waals surface area contributed by atoms with Crippen molar-refractivity contribution in [2.24, 2.45) is 17.1 Å². The molecule has 2 saturated heterocycles. The van der Waals surface area contributed by atoms with Gasteiger partial charge in [0.15, 0.2) is 6.29 Å². The van der Waals surface area contributed by atoms with Gasteiger partial charge in [0, 0.05) is 0 Å². The lowest BCUT2D eigenvalue weighted by Crippen LogP contribution is -2.56. The molecule has 0 radical (unpaired) electrons. The molecule has 2 aliphatic rings. The number of alkyl carbamates (subject to hydrolysis) is 1. The predicted octanol–water partition coefficient (Wildman–Crippen LogP) is 2.96. The number of nitrogens with one attached hydrogen (secondary N) is 2. The maximum absolute atomic E-state index is 13.6. The zero-order valence-electron chi connectivity index (χ0n) is 25.1. The normalized spacial score (nSPS) is 22.4. The monoisotopic (exact) mass is 619 g/mol. The lowest BCUT2D eigenvalue weighted by Gasteiger charge is -2.36. The van der Waals surface area contributed by atoms with Crippen molar-refractivity contribution in [2.45, 2.75) is 81.4 Å². The number of carbonyl (C=O) groups excluding carboxylic acids is 1. The molecule has 2 heterocycles. The van der Waals surface area contributed by atoms with Crippen LogP contribution >= 0.6 is 0 Å². The van der Waals surface area contributed by atoms with E-state index in [4.69, 9.17) is 24.7 Å². The van der Waals surface area contributed by atoms with E-state index in [9.17, 15) is 18.3 Å². The second-order valence-corrected chi connectivity index (χ2v) is 13.8. The first kappa shape index (κ1) is 33.2. The standard InChI is InChI=1S/C31H45N3O8S/c1-31(2,15-7-16-32)19-26(34-43(37,38)23-12-10-22(39-3)11-13-23)28(35)25(18-21-8-5-4-6-9-21)33-30(36)42-27-20-41-29-24(27)14-17-40-29/h4-6,8-13,24-29,34-35H,7,14-20,32H2,1-3H3,(H,33,36)/t24-,25-,26?,27-,28+,29+/m0/s1. The number of hydrogen-bond donors (Lipinski definition) is 4. The van der Waals surface area contributed by atoms with Gasteiger partial charge in [0.1, 0.15) is 11.9 Å². The van der Waals surface area contributed by atoms with Crippen LogP contribution in [0, 0.1) is 11.3 Å². The van der Waals surface area contributed by atoms with E-state index in [0.717, 1.165) is 24.8 Å². The first-order chi connectivity index (χ1) is 20.5. The van der Waals surface area contributed by atoms with Gasteiger partial charge >= 0.3 is 6.09 Å². The third-order valence-electron chi connectivity index (χ3n) is 8.18. The number of hydrogen-bond acceptors (Lipinski definition) is 9. The third kappa shape index (κ3) is 9.13. The molecule has 11 nitrogen and oxygen atoms in total. The maximum atomic E-state index is 13.6. The number of sulfonamides is 1. The van der Waals surface area contributed by atoms with Crippen molar-refractivity contribution in [1.82, 2.24) is 10.0 Å². The molecule has 12 heteroatoms. The summed E-state index contributed by atoms with van der Waals surface area (Å²) in [6, 6.07) is 13.6. The molecule has 2 aromatic carbocycles. The second-order valence-electron chi connectivity index (χ2n) is 12.1. The van der Waals surface area contributed by atoms with Crippen LogP contribution in [0.1, 0.15) is 45.1 Å². The number of methoxy groups -OCH3 is 1. The molecular weight excluding hydrogens is 574 g/mol. The van der Waals surface area contributed by atoms with E-state index in [0.29, 0.717) is 25.3 Å². The highest BCUT2D eigenvalue weighted by atomic mass is 32.2. The van der Waals surface area contributed by atoms with Crippen LogP contribution in [0.5, 0.6) is 5.75 Å². The van der Waals surface area contributed by atoms with Gasteiger partial charge in [-0.1, -0.05) is 44.2 Å². The lowest BCUT2D eigenvalue weighted by molar-refractivity contribution is -0.0907. The summed E-state index contributed by atoms with van der Waals surface area (Å²) in [6.45, 7) is 5.29. The zero-order chi connectivity index (χ0) is 31.0. The zero-order valence-corrected chi connectivity index (χ0v) is 25.9. The van der Waals surface area contributed by atoms with Gasteiger partial charge in [0.05, 0.1) is 49.3 Å². The largest absolute Gasteiger partial charge is 0.497 e. The van der Waals surface area contributed by atoms with E-state index in [1.54, 1.807) is 12.1 Å². The summed E-state index contributed by atoms with van der Waals surface area (Å²) in [6.07, 6.45) is -0.124. The first-order valence-corrected chi connectivity index (χ1v) is 16.3. The number of ether oxygens (including phenoxy) is 4. The van der Waals surface area contributed by atoms with Gasteiger partial charge in [0.25, 0.3) is 0 Å². The van der Waals surface area contributed by atoms with Crippen molar-refractivity contribution in [2.75, 3.05) is 26.9 Å². The summed E-state index contributed by atoms with van der Waals surface area (Å²) in [4.78, 5) is 13.2. The molecule has 1 unspecified atom stereocenters. The van der Waals surface area contributed by atoms with Crippen LogP contribution in [0.2, 0.25) is 0 Å². The van der Waals surface area contributed by atoms with Gasteiger partial charge in [-0.15, -0.1) is 0 Å². The molecule has 0 aliphatic carbocycles. The third-order valence-corrected chi connectivity index (χ3v) is 9.68. The van der Waals surface area contributed by atoms with Gasteiger partial charge in [-0.05, 0) is 73.9 Å². The summed E-state index contributed by atoms with van der Waals surface area (Å²) in [5, 5.41) is 14.7. The Morgan fingerprint density at radius 1 is 1.12 bits per heavy atom. The minimum Gasteiger partial charge on any atom is -0.497 e. The fourth-order valence-electron chi connectivity index (χ4n) is 5.81. The summed E-state index contributed by atoms with van der Waals surface area (Å²) in [5.74, 6) is 0.475. The molecule has 1 amide bonds. The van der Waals surface area contributed by atoms with E-state index >= 15 is 0 Å². The number of aliphatic hydroxyl groups is 1. The van der Waals surface area contributed by atoms with E-state index in [2.05, 4.69) is 10.0 Å². The Kier molecular flexibility index (Phi) is 11.4. The number of fused-ring (bicyclic) bond motifs is 1. The SMILES string of the molecule is COc1ccc(S(=O)(=O)NC(CC(C)(C)CCCN)[C@H](O)[C@H](Cc2ccccc2)NC(=O)O[C@H]2CO[C@H]3OCC[C@H]32)cc1.